The molecule has 0 radical (unpaired) electrons. The third kappa shape index (κ3) is 3.69. The number of hydrogen-bond acceptors (Lipinski definition) is 5. The number of carbonyl (C=O) groups is 1. The minimum Gasteiger partial charge on any atom is -0.350 e. The molecule has 0 saturated heterocycles. The maximum atomic E-state index is 12.1. The molecule has 6 nitrogen and oxygen atoms in total. The van der Waals surface area contributed by atoms with Gasteiger partial charge in [-0.05, 0) is 24.6 Å². The summed E-state index contributed by atoms with van der Waals surface area (Å²) in [4.78, 5) is 37.5. The van der Waals surface area contributed by atoms with E-state index in [4.69, 9.17) is 6.42 Å². The van der Waals surface area contributed by atoms with Gasteiger partial charge in [0.05, 0.1) is 28.9 Å². The lowest BCUT2D eigenvalue weighted by Crippen LogP contribution is -2.41. The van der Waals surface area contributed by atoms with E-state index in [2.05, 4.69) is 11.2 Å². The maximum Gasteiger partial charge on any atom is 0.254 e. The van der Waals surface area contributed by atoms with E-state index in [9.17, 15) is 14.4 Å². The van der Waals surface area contributed by atoms with Crippen LogP contribution in [0.4, 0.5) is 17.1 Å². The van der Waals surface area contributed by atoms with Crippen LogP contribution in [0.2, 0.25) is 0 Å². The fraction of sp³-hybridized carbons (Fsp3) is 0.278. The summed E-state index contributed by atoms with van der Waals surface area (Å²) in [5, 5.41) is 2.95. The van der Waals surface area contributed by atoms with Crippen LogP contribution >= 0.6 is 22.9 Å². The number of nitrogens with one attached hydrogen (secondary N) is 1. The molecule has 0 saturated carbocycles. The van der Waals surface area contributed by atoms with Crippen molar-refractivity contribution in [2.24, 2.45) is 0 Å². The van der Waals surface area contributed by atoms with Crippen LogP contribution < -0.4 is 19.3 Å². The van der Waals surface area contributed by atoms with E-state index >= 15 is 0 Å². The van der Waals surface area contributed by atoms with Crippen LogP contribution in [0.25, 0.3) is 0 Å². The summed E-state index contributed by atoms with van der Waals surface area (Å²) in [5.41, 5.74) is 0.345. The van der Waals surface area contributed by atoms with Gasteiger partial charge in [0.2, 0.25) is 0 Å². The summed E-state index contributed by atoms with van der Waals surface area (Å²) in [6, 6.07) is 6.48. The average Bonchev–Trinajstić information content (AvgIpc) is 2.61. The first-order valence-corrected chi connectivity index (χ1v) is 8.61. The molecule has 1 atom stereocenters. The number of carbonyl (C=O) groups excluding carboxylic acids is 1. The summed E-state index contributed by atoms with van der Waals surface area (Å²) in [7, 11) is 3.33. The number of anilines is 3. The predicted molar refractivity (Wildman–Crippen MR) is 109 cm³/mol. The van der Waals surface area contributed by atoms with Crippen LogP contribution in [0.1, 0.15) is 23.7 Å². The molecule has 0 heterocycles. The topological polar surface area (TPSA) is 69.7 Å². The van der Waals surface area contributed by atoms with Crippen LogP contribution in [0.3, 0.4) is 0 Å². The van der Waals surface area contributed by atoms with Gasteiger partial charge in [0, 0.05) is 25.3 Å². The van der Waals surface area contributed by atoms with Crippen molar-refractivity contribution >= 4 is 45.8 Å². The van der Waals surface area contributed by atoms with Crippen molar-refractivity contribution in [1.29, 1.82) is 0 Å². The van der Waals surface area contributed by atoms with Gasteiger partial charge >= 0.3 is 0 Å². The number of nitrogens with zero attached hydrogens (tertiary/aromatic N) is 2. The average molecular weight is 451 g/mol. The van der Waals surface area contributed by atoms with Gasteiger partial charge in [-0.3, -0.25) is 17.5 Å². The molecular weight excluding hydrogens is 433 g/mol. The fourth-order valence-corrected chi connectivity index (χ4v) is 3.35. The Labute approximate surface area is 160 Å². The van der Waals surface area contributed by atoms with Crippen LogP contribution in [-0.2, 0) is 0 Å². The highest BCUT2D eigenvalue weighted by atomic mass is 127. The van der Waals surface area contributed by atoms with E-state index in [-0.39, 0.29) is 23.3 Å². The van der Waals surface area contributed by atoms with Crippen LogP contribution in [-0.4, -0.2) is 30.9 Å². The molecule has 130 valence electrons. The van der Waals surface area contributed by atoms with Gasteiger partial charge in [-0.1, -0.05) is 18.9 Å². The highest BCUT2D eigenvalue weighted by Crippen LogP contribution is 2.29. The molecule has 0 aliphatic carbocycles. The van der Waals surface area contributed by atoms with Crippen LogP contribution in [0.5, 0.6) is 0 Å². The van der Waals surface area contributed by atoms with Gasteiger partial charge in [0.25, 0.3) is 16.8 Å². The molecule has 1 N–H and O–H groups in total. The molecule has 2 aromatic carbocycles. The highest BCUT2D eigenvalue weighted by molar-refractivity contribution is 14.1. The van der Waals surface area contributed by atoms with Crippen molar-refractivity contribution in [3.8, 4) is 12.3 Å². The SMILES string of the molecule is C#CC(CC)N(I)c1c(Nc2cccc(C(=O)N(C)C)c2)c(=O)c1=O. The van der Waals surface area contributed by atoms with E-state index in [1.165, 1.54) is 4.90 Å². The zero-order valence-electron chi connectivity index (χ0n) is 14.2. The van der Waals surface area contributed by atoms with E-state index in [1.54, 1.807) is 41.5 Å². The van der Waals surface area contributed by atoms with Crippen molar-refractivity contribution in [1.82, 2.24) is 4.90 Å². The summed E-state index contributed by atoms with van der Waals surface area (Å²) >= 11 is 1.95. The zero-order valence-corrected chi connectivity index (χ0v) is 16.3. The molecule has 0 fully saturated rings. The van der Waals surface area contributed by atoms with Gasteiger partial charge in [0.1, 0.15) is 11.4 Å². The van der Waals surface area contributed by atoms with Gasteiger partial charge in [-0.15, -0.1) is 6.42 Å². The first-order chi connectivity index (χ1) is 11.8. The van der Waals surface area contributed by atoms with Crippen molar-refractivity contribution in [2.75, 3.05) is 22.5 Å². The molecule has 2 aromatic rings. The van der Waals surface area contributed by atoms with Gasteiger partial charge in [0.15, 0.2) is 0 Å². The Kier molecular flexibility index (Phi) is 5.85. The normalized spacial score (nSPS) is 11.6. The highest BCUT2D eigenvalue weighted by Gasteiger charge is 2.28. The van der Waals surface area contributed by atoms with E-state index < -0.39 is 10.9 Å². The smallest absolute Gasteiger partial charge is 0.254 e. The molecule has 1 unspecified atom stereocenters. The number of terminal acetylenes is 1. The van der Waals surface area contributed by atoms with Gasteiger partial charge < -0.3 is 10.2 Å². The van der Waals surface area contributed by atoms with Crippen molar-refractivity contribution in [2.45, 2.75) is 19.4 Å². The minimum absolute atomic E-state index is 0.150. The number of benzene rings is 1. The zero-order chi connectivity index (χ0) is 18.7. The van der Waals surface area contributed by atoms with Crippen molar-refractivity contribution in [3.05, 3.63) is 50.3 Å². The Bertz CT molecular complexity index is 907. The van der Waals surface area contributed by atoms with E-state index in [0.717, 1.165) is 0 Å². The number of halogens is 1. The lowest BCUT2D eigenvalue weighted by molar-refractivity contribution is 0.0827. The largest absolute Gasteiger partial charge is 0.350 e. The van der Waals surface area contributed by atoms with Gasteiger partial charge in [-0.2, -0.15) is 0 Å². The Hall–Kier alpha value is -2.34. The van der Waals surface area contributed by atoms with E-state index in [1.807, 2.05) is 29.8 Å². The second-order valence-electron chi connectivity index (χ2n) is 5.69. The molecule has 0 aliphatic heterocycles. The second-order valence-corrected chi connectivity index (χ2v) is 6.73. The van der Waals surface area contributed by atoms with Crippen LogP contribution in [0.15, 0.2) is 33.9 Å². The van der Waals surface area contributed by atoms with Gasteiger partial charge in [-0.25, -0.2) is 0 Å². The molecular formula is C18H18IN3O3. The van der Waals surface area contributed by atoms with Crippen molar-refractivity contribution in [3.63, 3.8) is 0 Å². The standard InChI is InChI=1S/C18H18IN3O3/c1-5-13(6-2)22(19)15-14(16(23)17(15)24)20-12-9-7-8-11(10-12)18(25)21(3)4/h1,7-10,13,20H,6H2,2-4H3. The quantitative estimate of drug-likeness (QED) is 0.316. The minimum atomic E-state index is -0.590. The molecule has 2 rings (SSSR count). The van der Waals surface area contributed by atoms with Crippen molar-refractivity contribution < 1.29 is 4.79 Å². The molecule has 25 heavy (non-hydrogen) atoms. The van der Waals surface area contributed by atoms with Crippen LogP contribution in [0, 0.1) is 12.3 Å². The number of rotatable bonds is 6. The number of hydrogen-bond donors (Lipinski definition) is 1. The Balaban J connectivity index is 2.34. The Morgan fingerprint density at radius 1 is 1.32 bits per heavy atom. The summed E-state index contributed by atoms with van der Waals surface area (Å²) in [6.45, 7) is 1.91. The molecule has 1 amide bonds. The summed E-state index contributed by atoms with van der Waals surface area (Å²) < 4.78 is 1.61. The Morgan fingerprint density at radius 2 is 2.00 bits per heavy atom. The summed E-state index contributed by atoms with van der Waals surface area (Å²) in [5.74, 6) is 2.45. The Morgan fingerprint density at radius 3 is 2.56 bits per heavy atom. The number of amides is 1. The fourth-order valence-electron chi connectivity index (χ4n) is 2.33. The molecule has 0 spiro atoms. The molecule has 7 heteroatoms. The van der Waals surface area contributed by atoms with E-state index in [0.29, 0.717) is 17.7 Å². The molecule has 0 aromatic heterocycles. The maximum absolute atomic E-state index is 12.1. The third-order valence-corrected chi connectivity index (χ3v) is 4.89. The lowest BCUT2D eigenvalue weighted by atomic mass is 10.1. The predicted octanol–water partition coefficient (Wildman–Crippen LogP) is 2.30. The first-order valence-electron chi connectivity index (χ1n) is 7.65. The second kappa shape index (κ2) is 7.70. The first kappa shape index (κ1) is 19.0. The summed E-state index contributed by atoms with van der Waals surface area (Å²) in [6.07, 6.45) is 6.13. The molecule has 0 aliphatic rings. The monoisotopic (exact) mass is 451 g/mol. The molecule has 0 bridgehead atoms. The lowest BCUT2D eigenvalue weighted by Gasteiger charge is -2.25. The third-order valence-electron chi connectivity index (χ3n) is 3.74.